The average molecular weight is 240 g/mol. The molecule has 1 N–H and O–H groups in total. The maximum atomic E-state index is 13.0. The van der Waals surface area contributed by atoms with Crippen molar-refractivity contribution in [3.8, 4) is 0 Å². The van der Waals surface area contributed by atoms with Gasteiger partial charge in [0.1, 0.15) is 0 Å². The van der Waals surface area contributed by atoms with E-state index in [4.69, 9.17) is 0 Å². The Labute approximate surface area is 97.4 Å². The van der Waals surface area contributed by atoms with E-state index in [1.54, 1.807) is 4.57 Å². The number of nitrogens with zero attached hydrogens (tertiary/aromatic N) is 1. The van der Waals surface area contributed by atoms with Crippen LogP contribution in [0.3, 0.4) is 0 Å². The number of hydrogen-bond acceptors (Lipinski definition) is 2. The summed E-state index contributed by atoms with van der Waals surface area (Å²) in [5.41, 5.74) is 0.425. The van der Waals surface area contributed by atoms with Crippen LogP contribution in [-0.4, -0.2) is 17.7 Å². The first-order chi connectivity index (χ1) is 8.16. The molecule has 92 valence electrons. The van der Waals surface area contributed by atoms with Crippen molar-refractivity contribution in [2.75, 3.05) is 13.1 Å². The molecule has 3 nitrogen and oxygen atoms in total. The number of nitrogens with one attached hydrogen (secondary N) is 1. The number of halogens is 2. The number of hydrogen-bond donors (Lipinski definition) is 1. The van der Waals surface area contributed by atoms with Crippen LogP contribution in [0.25, 0.3) is 0 Å². The van der Waals surface area contributed by atoms with Crippen molar-refractivity contribution in [3.05, 3.63) is 33.7 Å². The molecular weight excluding hydrogens is 226 g/mol. The number of aromatic nitrogens is 1. The largest absolute Gasteiger partial charge is 0.316 e. The van der Waals surface area contributed by atoms with Gasteiger partial charge in [-0.25, -0.2) is 8.78 Å². The van der Waals surface area contributed by atoms with Gasteiger partial charge in [0.05, 0.1) is 0 Å². The van der Waals surface area contributed by atoms with E-state index >= 15 is 0 Å². The second-order valence-corrected chi connectivity index (χ2v) is 4.88. The van der Waals surface area contributed by atoms with Gasteiger partial charge in [0.15, 0.2) is 0 Å². The SMILES string of the molecule is O=c1ccc(C(F)F)c2n1C[C@@H]1CNC[C@H]2C1. The molecule has 3 rings (SSSR count). The van der Waals surface area contributed by atoms with Crippen LogP contribution in [0.15, 0.2) is 16.9 Å². The Hall–Kier alpha value is -1.23. The zero-order valence-electron chi connectivity index (χ0n) is 9.33. The summed E-state index contributed by atoms with van der Waals surface area (Å²) < 4.78 is 27.5. The molecule has 2 aliphatic rings. The lowest BCUT2D eigenvalue weighted by Crippen LogP contribution is -2.45. The van der Waals surface area contributed by atoms with Gasteiger partial charge in [-0.3, -0.25) is 4.79 Å². The summed E-state index contributed by atoms with van der Waals surface area (Å²) in [4.78, 5) is 11.8. The van der Waals surface area contributed by atoms with Crippen LogP contribution in [-0.2, 0) is 6.54 Å². The summed E-state index contributed by atoms with van der Waals surface area (Å²) in [5.74, 6) is 0.451. The van der Waals surface area contributed by atoms with Gasteiger partial charge in [0.2, 0.25) is 0 Å². The summed E-state index contributed by atoms with van der Waals surface area (Å²) in [6.45, 7) is 2.14. The van der Waals surface area contributed by atoms with E-state index in [9.17, 15) is 13.6 Å². The van der Waals surface area contributed by atoms with Gasteiger partial charge < -0.3 is 9.88 Å². The predicted octanol–water partition coefficient (Wildman–Crippen LogP) is 1.49. The Kier molecular flexibility index (Phi) is 2.50. The number of rotatable bonds is 1. The maximum Gasteiger partial charge on any atom is 0.265 e. The number of piperidine rings is 1. The molecule has 17 heavy (non-hydrogen) atoms. The van der Waals surface area contributed by atoms with Crippen molar-refractivity contribution in [2.24, 2.45) is 5.92 Å². The van der Waals surface area contributed by atoms with Crippen molar-refractivity contribution >= 4 is 0 Å². The Bertz CT molecular complexity index is 498. The molecular formula is C12H14F2N2O. The smallest absolute Gasteiger partial charge is 0.265 e. The first kappa shape index (κ1) is 10.9. The second kappa shape index (κ2) is 3.91. The Morgan fingerprint density at radius 2 is 2.18 bits per heavy atom. The van der Waals surface area contributed by atoms with Crippen molar-refractivity contribution < 1.29 is 8.78 Å². The van der Waals surface area contributed by atoms with Gasteiger partial charge in [0.25, 0.3) is 12.0 Å². The topological polar surface area (TPSA) is 34.0 Å². The van der Waals surface area contributed by atoms with Crippen LogP contribution in [0.2, 0.25) is 0 Å². The highest BCUT2D eigenvalue weighted by Gasteiger charge is 2.34. The van der Waals surface area contributed by atoms with E-state index < -0.39 is 6.43 Å². The minimum Gasteiger partial charge on any atom is -0.316 e. The number of pyridine rings is 1. The summed E-state index contributed by atoms with van der Waals surface area (Å²) in [7, 11) is 0. The molecule has 2 atom stereocenters. The summed E-state index contributed by atoms with van der Waals surface area (Å²) >= 11 is 0. The highest BCUT2D eigenvalue weighted by atomic mass is 19.3. The van der Waals surface area contributed by atoms with E-state index in [1.165, 1.54) is 12.1 Å². The van der Waals surface area contributed by atoms with Crippen molar-refractivity contribution in [1.29, 1.82) is 0 Å². The zero-order chi connectivity index (χ0) is 12.0. The quantitative estimate of drug-likeness (QED) is 0.807. The molecule has 1 aromatic heterocycles. The normalized spacial score (nSPS) is 27.0. The highest BCUT2D eigenvalue weighted by molar-refractivity contribution is 5.28. The first-order valence-corrected chi connectivity index (χ1v) is 5.89. The van der Waals surface area contributed by atoms with Crippen molar-refractivity contribution in [1.82, 2.24) is 9.88 Å². The minimum atomic E-state index is -2.50. The van der Waals surface area contributed by atoms with Gasteiger partial charge in [0, 0.05) is 36.3 Å². The van der Waals surface area contributed by atoms with Crippen molar-refractivity contribution in [2.45, 2.75) is 25.3 Å². The Morgan fingerprint density at radius 1 is 1.35 bits per heavy atom. The fourth-order valence-corrected chi connectivity index (χ4v) is 3.08. The lowest BCUT2D eigenvalue weighted by molar-refractivity contribution is 0.144. The molecule has 0 aromatic carbocycles. The predicted molar refractivity (Wildman–Crippen MR) is 59.4 cm³/mol. The van der Waals surface area contributed by atoms with Gasteiger partial charge in [-0.1, -0.05) is 0 Å². The molecule has 0 radical (unpaired) electrons. The lowest BCUT2D eigenvalue weighted by atomic mass is 9.82. The van der Waals surface area contributed by atoms with Gasteiger partial charge in [-0.05, 0) is 24.9 Å². The van der Waals surface area contributed by atoms with Crippen LogP contribution >= 0.6 is 0 Å². The second-order valence-electron chi connectivity index (χ2n) is 4.88. The third kappa shape index (κ3) is 1.69. The molecule has 3 heterocycles. The zero-order valence-corrected chi connectivity index (χ0v) is 9.33. The highest BCUT2D eigenvalue weighted by Crippen LogP contribution is 2.36. The van der Waals surface area contributed by atoms with E-state index in [1.807, 2.05) is 0 Å². The molecule has 0 unspecified atom stereocenters. The average Bonchev–Trinajstić information content (AvgIpc) is 2.30. The van der Waals surface area contributed by atoms with Crippen LogP contribution in [0, 0.1) is 5.92 Å². The van der Waals surface area contributed by atoms with Crippen LogP contribution in [0.5, 0.6) is 0 Å². The minimum absolute atomic E-state index is 0.0248. The fourth-order valence-electron chi connectivity index (χ4n) is 3.08. The fraction of sp³-hybridized carbons (Fsp3) is 0.583. The van der Waals surface area contributed by atoms with Gasteiger partial charge in [-0.15, -0.1) is 0 Å². The van der Waals surface area contributed by atoms with Gasteiger partial charge in [-0.2, -0.15) is 0 Å². The molecule has 0 amide bonds. The maximum absolute atomic E-state index is 13.0. The van der Waals surface area contributed by atoms with Crippen LogP contribution in [0.1, 0.15) is 30.0 Å². The van der Waals surface area contributed by atoms with Crippen LogP contribution < -0.4 is 10.9 Å². The monoisotopic (exact) mass is 240 g/mol. The van der Waals surface area contributed by atoms with E-state index in [2.05, 4.69) is 5.32 Å². The summed E-state index contributed by atoms with van der Waals surface area (Å²) in [5, 5.41) is 3.25. The molecule has 1 fully saturated rings. The van der Waals surface area contributed by atoms with E-state index in [-0.39, 0.29) is 17.0 Å². The summed E-state index contributed by atoms with van der Waals surface area (Å²) in [6.07, 6.45) is -1.59. The third-order valence-electron chi connectivity index (χ3n) is 3.76. The molecule has 0 aliphatic carbocycles. The number of alkyl halides is 2. The molecule has 1 saturated heterocycles. The molecule has 0 spiro atoms. The van der Waals surface area contributed by atoms with Gasteiger partial charge >= 0.3 is 0 Å². The molecule has 5 heteroatoms. The van der Waals surface area contributed by atoms with Crippen molar-refractivity contribution in [3.63, 3.8) is 0 Å². The Morgan fingerprint density at radius 3 is 2.94 bits per heavy atom. The third-order valence-corrected chi connectivity index (χ3v) is 3.76. The first-order valence-electron chi connectivity index (χ1n) is 5.89. The summed E-state index contributed by atoms with van der Waals surface area (Å²) in [6, 6.07) is 2.55. The number of fused-ring (bicyclic) bond motifs is 4. The standard InChI is InChI=1S/C12H14F2N2O/c13-12(14)9-1-2-10(17)16-6-7-3-8(11(9)16)5-15-4-7/h1-2,7-8,12,15H,3-6H2/t7-,8+/m0/s1. The van der Waals surface area contributed by atoms with E-state index in [0.29, 0.717) is 24.7 Å². The Balaban J connectivity index is 2.19. The van der Waals surface area contributed by atoms with Crippen LogP contribution in [0.4, 0.5) is 8.78 Å². The lowest BCUT2D eigenvalue weighted by Gasteiger charge is -2.38. The molecule has 0 saturated carbocycles. The molecule has 2 bridgehead atoms. The molecule has 1 aromatic rings. The van der Waals surface area contributed by atoms with E-state index in [0.717, 1.165) is 13.0 Å². The molecule has 2 aliphatic heterocycles.